The molecule has 3 N–H and O–H groups in total. The Kier molecular flexibility index (Phi) is 14.2. The maximum atomic E-state index is 13.5. The molecule has 4 atom stereocenters. The second kappa shape index (κ2) is 18.8. The first-order valence-electron chi connectivity index (χ1n) is 16.6. The Hall–Kier alpha value is -4.44. The van der Waals surface area contributed by atoms with E-state index in [1.54, 1.807) is 36.9 Å². The smallest absolute Gasteiger partial charge is 0.323 e. The van der Waals surface area contributed by atoms with E-state index in [1.807, 2.05) is 100 Å². The monoisotopic (exact) mass is 652 g/mol. The predicted molar refractivity (Wildman–Crippen MR) is 185 cm³/mol. The third-order valence-corrected chi connectivity index (χ3v) is 8.26. The quantitative estimate of drug-likeness (QED) is 0.126. The molecular weight excluding hydrogens is 604 g/mol. The molecule has 48 heavy (non-hydrogen) atoms. The molecule has 0 saturated carbocycles. The summed E-state index contributed by atoms with van der Waals surface area (Å²) in [6, 6.07) is 24.4. The fourth-order valence-corrected chi connectivity index (χ4v) is 5.56. The standard InChI is InChI=1S/C39H48N4O5/c1-27(2)35(38(45)47-25-31-17-11-19-40-23-31)42-33(21-29-13-7-5-8-14-29)37(44)34(22-30-15-9-6-10-16-30)43-36(28(3)4)39(46)48-26-32-18-12-20-41-24-32/h5-20,23-24,27-28,33-37,42-44H,21-22,25-26H2,1-4H3/t33-,34-,35-,36-/m0/s1. The van der Waals surface area contributed by atoms with Crippen molar-refractivity contribution in [2.45, 2.75) is 84.0 Å². The average Bonchev–Trinajstić information content (AvgIpc) is 3.10. The van der Waals surface area contributed by atoms with E-state index in [9.17, 15) is 14.7 Å². The summed E-state index contributed by atoms with van der Waals surface area (Å²) in [6.07, 6.45) is 6.52. The van der Waals surface area contributed by atoms with Crippen molar-refractivity contribution in [2.24, 2.45) is 11.8 Å². The maximum Gasteiger partial charge on any atom is 0.323 e. The summed E-state index contributed by atoms with van der Waals surface area (Å²) in [7, 11) is 0. The normalized spacial score (nSPS) is 14.0. The minimum atomic E-state index is -1.02. The highest BCUT2D eigenvalue weighted by atomic mass is 16.5. The molecule has 4 rings (SSSR count). The number of aromatic nitrogens is 2. The molecule has 0 aliphatic carbocycles. The van der Waals surface area contributed by atoms with E-state index >= 15 is 0 Å². The van der Waals surface area contributed by atoms with Crippen LogP contribution in [-0.4, -0.2) is 57.3 Å². The molecule has 0 aliphatic heterocycles. The van der Waals surface area contributed by atoms with E-state index in [-0.39, 0.29) is 25.0 Å². The van der Waals surface area contributed by atoms with Crippen LogP contribution < -0.4 is 10.6 Å². The van der Waals surface area contributed by atoms with Gasteiger partial charge >= 0.3 is 11.9 Å². The summed E-state index contributed by atoms with van der Waals surface area (Å²) in [5.41, 5.74) is 3.57. The van der Waals surface area contributed by atoms with Gasteiger partial charge in [-0.15, -0.1) is 0 Å². The lowest BCUT2D eigenvalue weighted by atomic mass is 9.89. The van der Waals surface area contributed by atoms with Crippen LogP contribution in [0.15, 0.2) is 110 Å². The molecule has 2 aromatic heterocycles. The summed E-state index contributed by atoms with van der Waals surface area (Å²) in [4.78, 5) is 35.2. The van der Waals surface area contributed by atoms with Crippen LogP contribution in [0.5, 0.6) is 0 Å². The minimum absolute atomic E-state index is 0.0961. The summed E-state index contributed by atoms with van der Waals surface area (Å²) in [5, 5.41) is 19.2. The van der Waals surface area contributed by atoms with Gasteiger partial charge in [0.2, 0.25) is 0 Å². The van der Waals surface area contributed by atoms with Gasteiger partial charge in [-0.25, -0.2) is 0 Å². The Morgan fingerprint density at radius 1 is 0.604 bits per heavy atom. The Labute approximate surface area is 284 Å². The fourth-order valence-electron chi connectivity index (χ4n) is 5.56. The SMILES string of the molecule is CC(C)[C@H](N[C@@H](Cc1ccccc1)C(O)[C@H](Cc1ccccc1)N[C@H](C(=O)OCc1cccnc1)C(C)C)C(=O)OCc1cccnc1. The number of aliphatic hydroxyl groups excluding tert-OH is 1. The van der Waals surface area contributed by atoms with E-state index in [0.29, 0.717) is 12.8 Å². The number of ether oxygens (including phenoxy) is 2. The summed E-state index contributed by atoms with van der Waals surface area (Å²) in [5.74, 6) is -1.09. The lowest BCUT2D eigenvalue weighted by Crippen LogP contribution is -2.60. The van der Waals surface area contributed by atoms with E-state index < -0.39 is 42.2 Å². The van der Waals surface area contributed by atoms with Crippen LogP contribution in [0, 0.1) is 11.8 Å². The molecular formula is C39H48N4O5. The Morgan fingerprint density at radius 2 is 0.979 bits per heavy atom. The van der Waals surface area contributed by atoms with Crippen molar-refractivity contribution in [1.29, 1.82) is 0 Å². The van der Waals surface area contributed by atoms with Gasteiger partial charge in [0.15, 0.2) is 0 Å². The molecule has 0 aliphatic rings. The predicted octanol–water partition coefficient (Wildman–Crippen LogP) is 5.08. The van der Waals surface area contributed by atoms with Crippen molar-refractivity contribution in [1.82, 2.24) is 20.6 Å². The molecule has 0 radical (unpaired) electrons. The number of hydrogen-bond acceptors (Lipinski definition) is 9. The van der Waals surface area contributed by atoms with Crippen LogP contribution in [-0.2, 0) is 45.1 Å². The topological polar surface area (TPSA) is 123 Å². The summed E-state index contributed by atoms with van der Waals surface area (Å²) >= 11 is 0. The molecule has 9 nitrogen and oxygen atoms in total. The van der Waals surface area contributed by atoms with Gasteiger partial charge in [-0.05, 0) is 47.9 Å². The second-order valence-corrected chi connectivity index (χ2v) is 12.8. The first-order valence-corrected chi connectivity index (χ1v) is 16.6. The van der Waals surface area contributed by atoms with Crippen LogP contribution >= 0.6 is 0 Å². The maximum absolute atomic E-state index is 13.5. The highest BCUT2D eigenvalue weighted by molar-refractivity contribution is 5.76. The Bertz CT molecular complexity index is 1390. The fraction of sp³-hybridized carbons (Fsp3) is 0.385. The summed E-state index contributed by atoms with van der Waals surface area (Å²) < 4.78 is 11.5. The zero-order chi connectivity index (χ0) is 34.3. The largest absolute Gasteiger partial charge is 0.460 e. The van der Waals surface area contributed by atoms with Gasteiger partial charge in [-0.2, -0.15) is 0 Å². The number of pyridine rings is 2. The number of carbonyl (C=O) groups is 2. The first kappa shape index (κ1) is 36.4. The molecule has 0 bridgehead atoms. The van der Waals surface area contributed by atoms with Crippen LogP contribution in [0.25, 0.3) is 0 Å². The number of nitrogens with one attached hydrogen (secondary N) is 2. The average molecular weight is 653 g/mol. The van der Waals surface area contributed by atoms with Gasteiger partial charge < -0.3 is 14.6 Å². The van der Waals surface area contributed by atoms with Gasteiger partial charge in [0, 0.05) is 48.0 Å². The van der Waals surface area contributed by atoms with Gasteiger partial charge in [-0.3, -0.25) is 30.2 Å². The molecule has 0 saturated heterocycles. The molecule has 2 aromatic carbocycles. The van der Waals surface area contributed by atoms with Crippen LogP contribution in [0.1, 0.15) is 49.9 Å². The number of benzene rings is 2. The van der Waals surface area contributed by atoms with Gasteiger partial charge in [0.25, 0.3) is 0 Å². The third-order valence-electron chi connectivity index (χ3n) is 8.26. The molecule has 4 aromatic rings. The molecule has 0 unspecified atom stereocenters. The molecule has 254 valence electrons. The van der Waals surface area contributed by atoms with Crippen molar-refractivity contribution in [3.63, 3.8) is 0 Å². The van der Waals surface area contributed by atoms with Crippen molar-refractivity contribution >= 4 is 11.9 Å². The minimum Gasteiger partial charge on any atom is -0.460 e. The third kappa shape index (κ3) is 11.4. The Morgan fingerprint density at radius 3 is 1.31 bits per heavy atom. The van der Waals surface area contributed by atoms with Crippen molar-refractivity contribution in [3.05, 3.63) is 132 Å². The Balaban J connectivity index is 1.60. The highest BCUT2D eigenvalue weighted by Crippen LogP contribution is 2.19. The lowest BCUT2D eigenvalue weighted by molar-refractivity contribution is -0.149. The van der Waals surface area contributed by atoms with Crippen LogP contribution in [0.2, 0.25) is 0 Å². The van der Waals surface area contributed by atoms with E-state index in [1.165, 1.54) is 0 Å². The number of nitrogens with zero attached hydrogens (tertiary/aromatic N) is 2. The zero-order valence-corrected chi connectivity index (χ0v) is 28.2. The van der Waals surface area contributed by atoms with E-state index in [0.717, 1.165) is 22.3 Å². The molecule has 0 spiro atoms. The first-order chi connectivity index (χ1) is 23.2. The van der Waals surface area contributed by atoms with Gasteiger partial charge in [0.05, 0.1) is 6.10 Å². The van der Waals surface area contributed by atoms with Gasteiger partial charge in [-0.1, -0.05) is 100 Å². The van der Waals surface area contributed by atoms with Crippen LogP contribution in [0.4, 0.5) is 0 Å². The number of rotatable bonds is 18. The number of esters is 2. The van der Waals surface area contributed by atoms with E-state index in [4.69, 9.17) is 9.47 Å². The number of hydrogen-bond donors (Lipinski definition) is 3. The summed E-state index contributed by atoms with van der Waals surface area (Å²) in [6.45, 7) is 7.98. The zero-order valence-electron chi connectivity index (χ0n) is 28.2. The number of aliphatic hydroxyl groups is 1. The van der Waals surface area contributed by atoms with Crippen molar-refractivity contribution in [2.75, 3.05) is 0 Å². The van der Waals surface area contributed by atoms with Crippen molar-refractivity contribution in [3.8, 4) is 0 Å². The second-order valence-electron chi connectivity index (χ2n) is 12.8. The molecule has 9 heteroatoms. The van der Waals surface area contributed by atoms with Gasteiger partial charge in [0.1, 0.15) is 25.3 Å². The lowest BCUT2D eigenvalue weighted by Gasteiger charge is -2.36. The highest BCUT2D eigenvalue weighted by Gasteiger charge is 2.36. The molecule has 0 amide bonds. The molecule has 2 heterocycles. The van der Waals surface area contributed by atoms with Crippen LogP contribution in [0.3, 0.4) is 0 Å². The molecule has 0 fully saturated rings. The van der Waals surface area contributed by atoms with E-state index in [2.05, 4.69) is 20.6 Å². The van der Waals surface area contributed by atoms with Crippen molar-refractivity contribution < 1.29 is 24.2 Å². The number of carbonyl (C=O) groups excluding carboxylic acids is 2.